The number of halogens is 3. The minimum absolute atomic E-state index is 0.0696. The summed E-state index contributed by atoms with van der Waals surface area (Å²) < 4.78 is 60.0. The largest absolute Gasteiger partial charge is 0.496 e. The molecule has 1 aromatic heterocycles. The maximum Gasteiger partial charge on any atom is 0.275 e. The molecule has 0 bridgehead atoms. The van der Waals surface area contributed by atoms with Gasteiger partial charge in [-0.3, -0.25) is 29.5 Å². The molecule has 3 saturated heterocycles. The number of methoxy groups -OCH3 is 2. The highest BCUT2D eigenvalue weighted by Crippen LogP contribution is 2.39. The van der Waals surface area contributed by atoms with Gasteiger partial charge in [-0.2, -0.15) is 0 Å². The summed E-state index contributed by atoms with van der Waals surface area (Å²) in [4.78, 5) is 41.3. The number of aromatic nitrogens is 1. The van der Waals surface area contributed by atoms with Crippen molar-refractivity contribution >= 4 is 23.2 Å². The average molecular weight is 711 g/mol. The number of hydrogen-bond acceptors (Lipinski definition) is 9. The van der Waals surface area contributed by atoms with Crippen molar-refractivity contribution < 1.29 is 32.2 Å². The lowest BCUT2D eigenvalue weighted by Crippen LogP contribution is -2.61. The fourth-order valence-electron chi connectivity index (χ4n) is 7.53. The number of carbonyl (C=O) groups is 2. The van der Waals surface area contributed by atoms with Crippen LogP contribution in [-0.4, -0.2) is 97.7 Å². The molecular formula is C37H45F3N6O5. The van der Waals surface area contributed by atoms with Crippen LogP contribution in [0.15, 0.2) is 41.3 Å². The van der Waals surface area contributed by atoms with Crippen molar-refractivity contribution in [3.8, 4) is 22.6 Å². The summed E-state index contributed by atoms with van der Waals surface area (Å²) in [6.07, 6.45) is 2.58. The molecule has 3 fully saturated rings. The number of alkyl halides is 2. The highest BCUT2D eigenvalue weighted by atomic mass is 19.3. The van der Waals surface area contributed by atoms with E-state index in [0.29, 0.717) is 73.1 Å². The summed E-state index contributed by atoms with van der Waals surface area (Å²) in [7, 11) is 4.79. The van der Waals surface area contributed by atoms with Gasteiger partial charge in [0.05, 0.1) is 38.1 Å². The van der Waals surface area contributed by atoms with Crippen LogP contribution >= 0.6 is 0 Å². The van der Waals surface area contributed by atoms with Gasteiger partial charge in [-0.1, -0.05) is 0 Å². The topological polar surface area (TPSA) is 108 Å². The Labute approximate surface area is 295 Å². The Kier molecular flexibility index (Phi) is 10.4. The van der Waals surface area contributed by atoms with Crippen molar-refractivity contribution in [2.45, 2.75) is 57.7 Å². The van der Waals surface area contributed by atoms with Crippen LogP contribution < -0.4 is 30.6 Å². The van der Waals surface area contributed by atoms with E-state index in [1.807, 2.05) is 28.9 Å². The third kappa shape index (κ3) is 7.43. The number of rotatable bonds is 9. The van der Waals surface area contributed by atoms with E-state index in [1.54, 1.807) is 51.4 Å². The van der Waals surface area contributed by atoms with Gasteiger partial charge < -0.3 is 24.3 Å². The monoisotopic (exact) mass is 710 g/mol. The fourth-order valence-corrected chi connectivity index (χ4v) is 7.53. The number of ether oxygens (including phenoxy) is 2. The van der Waals surface area contributed by atoms with Gasteiger partial charge in [0, 0.05) is 75.7 Å². The van der Waals surface area contributed by atoms with Crippen LogP contribution in [0.3, 0.4) is 0 Å². The van der Waals surface area contributed by atoms with Gasteiger partial charge in [0.25, 0.3) is 11.5 Å². The van der Waals surface area contributed by atoms with E-state index in [4.69, 9.17) is 9.47 Å². The SMILES string of the molecule is COc1cc(-c2cn(C)c(=O)c(C)c2C)cc(OC)c1CN1CC[C@@H](N2CCN(c3ccc(NC4CCC(=O)NC4=O)cc3F)CC2)C(F)(F)C1. The smallest absolute Gasteiger partial charge is 0.275 e. The first-order valence-corrected chi connectivity index (χ1v) is 17.2. The number of amides is 2. The zero-order valence-electron chi connectivity index (χ0n) is 29.7. The molecule has 6 rings (SSSR count). The number of hydrogen-bond donors (Lipinski definition) is 2. The maximum atomic E-state index is 15.9. The molecule has 3 aromatic rings. The number of nitrogens with one attached hydrogen (secondary N) is 2. The number of carbonyl (C=O) groups excluding carboxylic acids is 2. The van der Waals surface area contributed by atoms with Crippen LogP contribution in [0.4, 0.5) is 24.5 Å². The number of imide groups is 1. The quantitative estimate of drug-likeness (QED) is 0.318. The minimum atomic E-state index is -2.99. The average Bonchev–Trinajstić information content (AvgIpc) is 3.10. The molecule has 2 atom stereocenters. The zero-order chi connectivity index (χ0) is 36.6. The lowest BCUT2D eigenvalue weighted by atomic mass is 9.95. The fraction of sp³-hybridized carbons (Fsp3) is 0.486. The van der Waals surface area contributed by atoms with E-state index in [9.17, 15) is 14.4 Å². The molecule has 1 unspecified atom stereocenters. The molecule has 0 radical (unpaired) electrons. The van der Waals surface area contributed by atoms with Gasteiger partial charge in [-0.15, -0.1) is 0 Å². The van der Waals surface area contributed by atoms with E-state index in [0.717, 1.165) is 16.7 Å². The van der Waals surface area contributed by atoms with Gasteiger partial charge >= 0.3 is 0 Å². The second kappa shape index (κ2) is 14.6. The Bertz CT molecular complexity index is 1850. The van der Waals surface area contributed by atoms with Crippen molar-refractivity contribution in [2.24, 2.45) is 7.05 Å². The van der Waals surface area contributed by atoms with Crippen molar-refractivity contribution in [1.29, 1.82) is 0 Å². The molecule has 3 aliphatic heterocycles. The molecule has 11 nitrogen and oxygen atoms in total. The maximum absolute atomic E-state index is 15.9. The number of aryl methyl sites for hydroxylation is 1. The molecule has 4 heterocycles. The summed E-state index contributed by atoms with van der Waals surface area (Å²) in [6.45, 7) is 5.43. The van der Waals surface area contributed by atoms with Crippen molar-refractivity contribution in [1.82, 2.24) is 19.7 Å². The Hall–Kier alpha value is -4.56. The molecule has 274 valence electrons. The van der Waals surface area contributed by atoms with E-state index in [2.05, 4.69) is 10.6 Å². The number of nitrogens with zero attached hydrogens (tertiary/aromatic N) is 4. The van der Waals surface area contributed by atoms with Gasteiger partial charge in [0.15, 0.2) is 0 Å². The third-order valence-corrected chi connectivity index (χ3v) is 10.5. The Morgan fingerprint density at radius 2 is 1.63 bits per heavy atom. The minimum Gasteiger partial charge on any atom is -0.496 e. The standard InChI is InChI=1S/C37H45F3N6O5/c1-22-23(2)36(49)43(3)19-26(22)24-16-31(50-4)27(32(17-24)51-5)20-44-11-10-33(37(39,40)21-44)46-14-12-45(13-15-46)30-8-6-25(18-28(30)38)41-29-7-9-34(47)42-35(29)48/h6,8,16-19,29,33,41H,7,9-15,20-21H2,1-5H3,(H,42,47,48)/t29?,33-/m1/s1. The number of anilines is 2. The number of pyridine rings is 1. The molecule has 2 aromatic carbocycles. The molecular weight excluding hydrogens is 665 g/mol. The van der Waals surface area contributed by atoms with E-state index >= 15 is 13.2 Å². The van der Waals surface area contributed by atoms with Crippen LogP contribution in [0.1, 0.15) is 36.0 Å². The molecule has 2 N–H and O–H groups in total. The second-order valence-electron chi connectivity index (χ2n) is 13.7. The van der Waals surface area contributed by atoms with E-state index < -0.39 is 36.3 Å². The lowest BCUT2D eigenvalue weighted by Gasteiger charge is -2.46. The van der Waals surface area contributed by atoms with Crippen LogP contribution in [0.5, 0.6) is 11.5 Å². The van der Waals surface area contributed by atoms with Crippen molar-refractivity contribution in [2.75, 3.05) is 63.7 Å². The summed E-state index contributed by atoms with van der Waals surface area (Å²) >= 11 is 0. The first-order valence-electron chi connectivity index (χ1n) is 17.2. The first kappa shape index (κ1) is 36.2. The zero-order valence-corrected chi connectivity index (χ0v) is 29.7. The van der Waals surface area contributed by atoms with Crippen molar-refractivity contribution in [3.05, 3.63) is 69.4 Å². The van der Waals surface area contributed by atoms with Gasteiger partial charge in [-0.05, 0) is 68.1 Å². The molecule has 3 aliphatic rings. The molecule has 0 spiro atoms. The van der Waals surface area contributed by atoms with Crippen molar-refractivity contribution in [3.63, 3.8) is 0 Å². The molecule has 51 heavy (non-hydrogen) atoms. The number of piperidine rings is 2. The summed E-state index contributed by atoms with van der Waals surface area (Å²) in [5, 5.41) is 5.26. The van der Waals surface area contributed by atoms with Crippen LogP contribution in [-0.2, 0) is 23.2 Å². The summed E-state index contributed by atoms with van der Waals surface area (Å²) in [5.74, 6) is -3.19. The first-order chi connectivity index (χ1) is 24.3. The molecule has 14 heteroatoms. The predicted octanol–water partition coefficient (Wildman–Crippen LogP) is 4.07. The van der Waals surface area contributed by atoms with Gasteiger partial charge in [-0.25, -0.2) is 13.2 Å². The highest BCUT2D eigenvalue weighted by molar-refractivity contribution is 6.01. The van der Waals surface area contributed by atoms with Crippen LogP contribution in [0.25, 0.3) is 11.1 Å². The normalized spacial score (nSPS) is 21.4. The van der Waals surface area contributed by atoms with Gasteiger partial charge in [0.2, 0.25) is 11.8 Å². The second-order valence-corrected chi connectivity index (χ2v) is 13.7. The Morgan fingerprint density at radius 1 is 0.941 bits per heavy atom. The van der Waals surface area contributed by atoms with Crippen LogP contribution in [0.2, 0.25) is 0 Å². The van der Waals surface area contributed by atoms with Gasteiger partial charge in [0.1, 0.15) is 23.4 Å². The van der Waals surface area contributed by atoms with E-state index in [-0.39, 0.29) is 30.9 Å². The summed E-state index contributed by atoms with van der Waals surface area (Å²) in [6, 6.07) is 6.79. The Balaban J connectivity index is 1.09. The molecule has 2 amide bonds. The van der Waals surface area contributed by atoms with Crippen LogP contribution in [0, 0.1) is 19.7 Å². The predicted molar refractivity (Wildman–Crippen MR) is 188 cm³/mol. The number of benzene rings is 2. The Morgan fingerprint density at radius 3 is 2.24 bits per heavy atom. The lowest BCUT2D eigenvalue weighted by molar-refractivity contribution is -0.133. The molecule has 0 aliphatic carbocycles. The number of piperazine rings is 1. The van der Waals surface area contributed by atoms with E-state index in [1.165, 1.54) is 10.6 Å². The highest BCUT2D eigenvalue weighted by Gasteiger charge is 2.48. The summed E-state index contributed by atoms with van der Waals surface area (Å²) in [5.41, 5.74) is 4.55. The number of likely N-dealkylation sites (tertiary alicyclic amines) is 1. The molecule has 0 saturated carbocycles. The third-order valence-electron chi connectivity index (χ3n) is 10.5.